The number of Topliss-reactive ketones (excluding diaryl/α,β-unsaturated/α-hetero) is 1. The quantitative estimate of drug-likeness (QED) is 0.627. The topological polar surface area (TPSA) is 74.8 Å². The minimum absolute atomic E-state index is 0.0588. The van der Waals surface area contributed by atoms with E-state index in [0.29, 0.717) is 18.5 Å². The molecule has 1 atom stereocenters. The van der Waals surface area contributed by atoms with Crippen molar-refractivity contribution in [1.82, 2.24) is 15.5 Å². The number of carbonyl (C=O) groups excluding carboxylic acids is 2. The van der Waals surface area contributed by atoms with Crippen molar-refractivity contribution in [3.05, 3.63) is 77.6 Å². The molecule has 0 unspecified atom stereocenters. The second-order valence-corrected chi connectivity index (χ2v) is 6.69. The zero-order chi connectivity index (χ0) is 19.2. The van der Waals surface area contributed by atoms with E-state index in [4.69, 9.17) is 0 Å². The summed E-state index contributed by atoms with van der Waals surface area (Å²) in [5.41, 5.74) is 4.81. The molecule has 0 saturated carbocycles. The minimum Gasteiger partial charge on any atom is -0.356 e. The first kappa shape index (κ1) is 18.6. The molecule has 2 aromatic carbocycles. The molecule has 0 radical (unpaired) electrons. The molecule has 1 heterocycles. The summed E-state index contributed by atoms with van der Waals surface area (Å²) in [4.78, 5) is 24.2. The van der Waals surface area contributed by atoms with E-state index in [9.17, 15) is 9.59 Å². The summed E-state index contributed by atoms with van der Waals surface area (Å²) in [6.07, 6.45) is 3.94. The lowest BCUT2D eigenvalue weighted by atomic mass is 9.90. The fraction of sp³-hybridized carbons (Fsp3) is 0.227. The summed E-state index contributed by atoms with van der Waals surface area (Å²) in [5, 5.41) is 9.63. The number of amides is 1. The lowest BCUT2D eigenvalue weighted by Crippen LogP contribution is -2.27. The summed E-state index contributed by atoms with van der Waals surface area (Å²) in [7, 11) is 0. The van der Waals surface area contributed by atoms with Gasteiger partial charge in [-0.25, -0.2) is 0 Å². The number of carbonyl (C=O) groups is 2. The monoisotopic (exact) mass is 361 g/mol. The normalized spacial score (nSPS) is 11.8. The average Bonchev–Trinajstić information content (AvgIpc) is 3.19. The second-order valence-electron chi connectivity index (χ2n) is 6.69. The van der Waals surface area contributed by atoms with Gasteiger partial charge in [0.1, 0.15) is 0 Å². The number of nitrogens with one attached hydrogen (secondary N) is 2. The third-order valence-electron chi connectivity index (χ3n) is 4.66. The molecule has 5 nitrogen and oxygen atoms in total. The van der Waals surface area contributed by atoms with Gasteiger partial charge in [0.05, 0.1) is 6.20 Å². The number of hydrogen-bond donors (Lipinski definition) is 2. The van der Waals surface area contributed by atoms with Crippen molar-refractivity contribution < 1.29 is 9.59 Å². The highest BCUT2D eigenvalue weighted by molar-refractivity contribution is 5.97. The predicted octanol–water partition coefficient (Wildman–Crippen LogP) is 3.88. The molecule has 5 heteroatoms. The van der Waals surface area contributed by atoms with E-state index in [1.54, 1.807) is 6.20 Å². The van der Waals surface area contributed by atoms with Crippen molar-refractivity contribution in [2.45, 2.75) is 26.2 Å². The number of aryl methyl sites for hydroxylation is 1. The Morgan fingerprint density at radius 1 is 1.15 bits per heavy atom. The van der Waals surface area contributed by atoms with Gasteiger partial charge in [-0.15, -0.1) is 0 Å². The van der Waals surface area contributed by atoms with Crippen molar-refractivity contribution in [1.29, 1.82) is 0 Å². The van der Waals surface area contributed by atoms with E-state index < -0.39 is 0 Å². The molecule has 0 spiro atoms. The average molecular weight is 361 g/mol. The SMILES string of the molecule is CC(=O)NC[C@@H](CC(=O)c1ccc(-c2cn[nH]c2)c(C)c1)c1ccccc1. The fourth-order valence-corrected chi connectivity index (χ4v) is 3.20. The summed E-state index contributed by atoms with van der Waals surface area (Å²) >= 11 is 0. The molecule has 3 aromatic rings. The summed E-state index contributed by atoms with van der Waals surface area (Å²) < 4.78 is 0. The Morgan fingerprint density at radius 3 is 2.56 bits per heavy atom. The number of rotatable bonds is 7. The Labute approximate surface area is 158 Å². The van der Waals surface area contributed by atoms with E-state index in [2.05, 4.69) is 15.5 Å². The molecule has 1 amide bonds. The molecule has 2 N–H and O–H groups in total. The first-order chi connectivity index (χ1) is 13.0. The predicted molar refractivity (Wildman–Crippen MR) is 106 cm³/mol. The van der Waals surface area contributed by atoms with Gasteiger partial charge < -0.3 is 5.32 Å². The van der Waals surface area contributed by atoms with Crippen LogP contribution in [0.5, 0.6) is 0 Å². The second kappa shape index (κ2) is 8.45. The Morgan fingerprint density at radius 2 is 1.93 bits per heavy atom. The molecule has 0 fully saturated rings. The van der Waals surface area contributed by atoms with Gasteiger partial charge in [0.2, 0.25) is 5.91 Å². The van der Waals surface area contributed by atoms with Crippen LogP contribution >= 0.6 is 0 Å². The molecule has 0 aliphatic carbocycles. The van der Waals surface area contributed by atoms with Crippen molar-refractivity contribution in [3.8, 4) is 11.1 Å². The lowest BCUT2D eigenvalue weighted by Gasteiger charge is -2.17. The van der Waals surface area contributed by atoms with Crippen LogP contribution in [-0.2, 0) is 4.79 Å². The van der Waals surface area contributed by atoms with Crippen molar-refractivity contribution in [2.24, 2.45) is 0 Å². The first-order valence-corrected chi connectivity index (χ1v) is 8.97. The van der Waals surface area contributed by atoms with E-state index in [1.165, 1.54) is 6.92 Å². The van der Waals surface area contributed by atoms with Crippen LogP contribution in [0.3, 0.4) is 0 Å². The maximum absolute atomic E-state index is 12.9. The standard InChI is InChI=1S/C22H23N3O2/c1-15-10-18(8-9-21(15)20-13-24-25-14-20)22(27)11-19(12-23-16(2)26)17-6-4-3-5-7-17/h3-10,13-14,19H,11-12H2,1-2H3,(H,23,26)(H,24,25)/t19-/m1/s1. The van der Waals surface area contributed by atoms with Crippen molar-refractivity contribution in [3.63, 3.8) is 0 Å². The number of benzene rings is 2. The highest BCUT2D eigenvalue weighted by atomic mass is 16.1. The van der Waals surface area contributed by atoms with Gasteiger partial charge >= 0.3 is 0 Å². The van der Waals surface area contributed by atoms with Crippen molar-refractivity contribution in [2.75, 3.05) is 6.54 Å². The zero-order valence-electron chi connectivity index (χ0n) is 15.5. The maximum Gasteiger partial charge on any atom is 0.216 e. The van der Waals surface area contributed by atoms with Crippen LogP contribution in [0.2, 0.25) is 0 Å². The number of aromatic nitrogens is 2. The van der Waals surface area contributed by atoms with Crippen LogP contribution in [0.1, 0.15) is 40.7 Å². The summed E-state index contributed by atoms with van der Waals surface area (Å²) in [6.45, 7) is 3.92. The van der Waals surface area contributed by atoms with Crippen molar-refractivity contribution >= 4 is 11.7 Å². The van der Waals surface area contributed by atoms with Crippen LogP contribution in [0.15, 0.2) is 60.9 Å². The Kier molecular flexibility index (Phi) is 5.81. The van der Waals surface area contributed by atoms with Gasteiger partial charge in [0.25, 0.3) is 0 Å². The van der Waals surface area contributed by atoms with Crippen LogP contribution in [-0.4, -0.2) is 28.4 Å². The Balaban J connectivity index is 1.79. The third kappa shape index (κ3) is 4.70. The molecule has 138 valence electrons. The van der Waals surface area contributed by atoms with Gasteiger partial charge in [0, 0.05) is 43.1 Å². The maximum atomic E-state index is 12.9. The number of nitrogens with zero attached hydrogens (tertiary/aromatic N) is 1. The Hall–Kier alpha value is -3.21. The van der Waals surface area contributed by atoms with E-state index >= 15 is 0 Å². The Bertz CT molecular complexity index is 918. The highest BCUT2D eigenvalue weighted by Crippen LogP contribution is 2.26. The summed E-state index contributed by atoms with van der Waals surface area (Å²) in [6, 6.07) is 15.6. The van der Waals surface area contributed by atoms with Gasteiger partial charge in [-0.2, -0.15) is 5.10 Å². The van der Waals surface area contributed by atoms with Gasteiger partial charge in [-0.1, -0.05) is 42.5 Å². The molecular formula is C22H23N3O2. The highest BCUT2D eigenvalue weighted by Gasteiger charge is 2.18. The summed E-state index contributed by atoms with van der Waals surface area (Å²) in [5.74, 6) is -0.0869. The lowest BCUT2D eigenvalue weighted by molar-refractivity contribution is -0.119. The van der Waals surface area contributed by atoms with Crippen LogP contribution in [0, 0.1) is 6.92 Å². The first-order valence-electron chi connectivity index (χ1n) is 8.97. The molecule has 0 aliphatic rings. The third-order valence-corrected chi connectivity index (χ3v) is 4.66. The molecular weight excluding hydrogens is 338 g/mol. The van der Waals surface area contributed by atoms with Gasteiger partial charge in [-0.3, -0.25) is 14.7 Å². The largest absolute Gasteiger partial charge is 0.356 e. The number of aromatic amines is 1. The fourth-order valence-electron chi connectivity index (χ4n) is 3.20. The number of ketones is 1. The number of hydrogen-bond acceptors (Lipinski definition) is 3. The molecule has 27 heavy (non-hydrogen) atoms. The van der Waals surface area contributed by atoms with Crippen LogP contribution in [0.25, 0.3) is 11.1 Å². The van der Waals surface area contributed by atoms with Crippen LogP contribution < -0.4 is 5.32 Å². The minimum atomic E-state index is -0.0938. The molecule has 0 bridgehead atoms. The van der Waals surface area contributed by atoms with Gasteiger partial charge in [0.15, 0.2) is 5.78 Å². The smallest absolute Gasteiger partial charge is 0.216 e. The molecule has 1 aromatic heterocycles. The number of H-pyrrole nitrogens is 1. The molecule has 0 saturated heterocycles. The van der Waals surface area contributed by atoms with E-state index in [0.717, 1.165) is 22.3 Å². The zero-order valence-corrected chi connectivity index (χ0v) is 15.5. The van der Waals surface area contributed by atoms with E-state index in [1.807, 2.05) is 61.7 Å². The molecule has 0 aliphatic heterocycles. The van der Waals surface area contributed by atoms with Crippen LogP contribution in [0.4, 0.5) is 0 Å². The molecule has 3 rings (SSSR count). The van der Waals surface area contributed by atoms with Gasteiger partial charge in [-0.05, 0) is 29.7 Å². The van der Waals surface area contributed by atoms with E-state index in [-0.39, 0.29) is 17.6 Å².